The molecule has 2 aromatic rings. The molecular weight excluding hydrogens is 422 g/mol. The van der Waals surface area contributed by atoms with E-state index in [0.29, 0.717) is 0 Å². The summed E-state index contributed by atoms with van der Waals surface area (Å²) in [7, 11) is 3.48. The Hall–Kier alpha value is -3.83. The van der Waals surface area contributed by atoms with Crippen LogP contribution in [0.5, 0.6) is 0 Å². The number of nitrogens with one attached hydrogen (secondary N) is 1. The lowest BCUT2D eigenvalue weighted by Crippen LogP contribution is -2.54. The van der Waals surface area contributed by atoms with E-state index in [0.717, 1.165) is 27.2 Å². The van der Waals surface area contributed by atoms with Gasteiger partial charge in [-0.2, -0.15) is 0 Å². The molecule has 2 N–H and O–H groups in total. The molecule has 3 rings (SSSR count). The first-order valence-corrected chi connectivity index (χ1v) is 10.5. The minimum absolute atomic E-state index is 0.103. The second-order valence-corrected chi connectivity index (χ2v) is 8.08. The Morgan fingerprint density at radius 3 is 2.18 bits per heavy atom. The molecule has 8 nitrogen and oxygen atoms in total. The number of carboxylic acid groups (broad SMARTS) is 1. The summed E-state index contributed by atoms with van der Waals surface area (Å²) in [6.45, 7) is -0.476. The van der Waals surface area contributed by atoms with Gasteiger partial charge in [-0.15, -0.1) is 6.42 Å². The Kier molecular flexibility index (Phi) is 7.70. The van der Waals surface area contributed by atoms with Crippen molar-refractivity contribution in [1.82, 2.24) is 15.1 Å². The summed E-state index contributed by atoms with van der Waals surface area (Å²) < 4.78 is 5.53. The highest BCUT2D eigenvalue weighted by Crippen LogP contribution is 2.44. The molecule has 0 aliphatic heterocycles. The molecule has 0 radical (unpaired) electrons. The van der Waals surface area contributed by atoms with Crippen LogP contribution in [0.2, 0.25) is 0 Å². The number of likely N-dealkylation sites (N-methyl/N-ethyl adjacent to an activating group) is 1. The number of hydrogen-bond acceptors (Lipinski definition) is 5. The fourth-order valence-corrected chi connectivity index (χ4v) is 4.04. The number of fused-ring (bicyclic) bond motifs is 3. The highest BCUT2D eigenvalue weighted by atomic mass is 16.5. The molecule has 8 heteroatoms. The molecule has 0 spiro atoms. The predicted octanol–water partition coefficient (Wildman–Crippen LogP) is 2.00. The molecule has 172 valence electrons. The number of ether oxygens (including phenoxy) is 1. The quantitative estimate of drug-likeness (QED) is 0.568. The van der Waals surface area contributed by atoms with Crippen molar-refractivity contribution in [3.05, 3.63) is 59.7 Å². The van der Waals surface area contributed by atoms with Gasteiger partial charge in [0, 0.05) is 12.5 Å². The van der Waals surface area contributed by atoms with Crippen LogP contribution < -0.4 is 5.32 Å². The molecule has 0 saturated carbocycles. The van der Waals surface area contributed by atoms with Crippen molar-refractivity contribution in [2.45, 2.75) is 12.0 Å². The smallest absolute Gasteiger partial charge is 0.407 e. The van der Waals surface area contributed by atoms with Crippen molar-refractivity contribution < 1.29 is 24.2 Å². The molecule has 2 amide bonds. The third-order valence-corrected chi connectivity index (χ3v) is 5.40. The van der Waals surface area contributed by atoms with Crippen molar-refractivity contribution in [2.24, 2.45) is 0 Å². The third-order valence-electron chi connectivity index (χ3n) is 5.40. The maximum atomic E-state index is 12.9. The van der Waals surface area contributed by atoms with Gasteiger partial charge in [0.15, 0.2) is 0 Å². The minimum Gasteiger partial charge on any atom is -0.480 e. The first-order valence-electron chi connectivity index (χ1n) is 10.5. The SMILES string of the molecule is C#CCN(CC(=O)O)C(=O)C(CN(C)C)NC(=O)OCC1c2ccccc2-c2ccccc21. The average molecular weight is 450 g/mol. The number of carbonyl (C=O) groups is 3. The number of aliphatic carboxylic acids is 1. The molecule has 0 heterocycles. The Morgan fingerprint density at radius 2 is 1.67 bits per heavy atom. The molecule has 1 unspecified atom stereocenters. The summed E-state index contributed by atoms with van der Waals surface area (Å²) in [5.41, 5.74) is 4.38. The van der Waals surface area contributed by atoms with Gasteiger partial charge in [-0.25, -0.2) is 4.79 Å². The summed E-state index contributed by atoms with van der Waals surface area (Å²) in [6.07, 6.45) is 4.53. The van der Waals surface area contributed by atoms with E-state index in [2.05, 4.69) is 11.2 Å². The zero-order valence-corrected chi connectivity index (χ0v) is 18.7. The van der Waals surface area contributed by atoms with Crippen molar-refractivity contribution >= 4 is 18.0 Å². The zero-order valence-electron chi connectivity index (χ0n) is 18.7. The molecule has 0 saturated heterocycles. The first kappa shape index (κ1) is 23.8. The number of carboxylic acids is 1. The summed E-state index contributed by atoms with van der Waals surface area (Å²) in [6, 6.07) is 15.0. The van der Waals surface area contributed by atoms with Gasteiger partial charge in [-0.1, -0.05) is 54.5 Å². The molecule has 0 bridgehead atoms. The average Bonchev–Trinajstić information content (AvgIpc) is 3.09. The summed E-state index contributed by atoms with van der Waals surface area (Å²) >= 11 is 0. The third kappa shape index (κ3) is 5.70. The number of amides is 2. The van der Waals surface area contributed by atoms with E-state index in [1.807, 2.05) is 48.5 Å². The number of rotatable bonds is 9. The van der Waals surface area contributed by atoms with E-state index in [-0.39, 0.29) is 25.6 Å². The second kappa shape index (κ2) is 10.7. The highest BCUT2D eigenvalue weighted by Gasteiger charge is 2.31. The number of alkyl carbamates (subject to hydrolysis) is 1. The van der Waals surface area contributed by atoms with E-state index >= 15 is 0 Å². The summed E-state index contributed by atoms with van der Waals surface area (Å²) in [4.78, 5) is 39.4. The monoisotopic (exact) mass is 449 g/mol. The van der Waals surface area contributed by atoms with E-state index in [9.17, 15) is 14.4 Å². The van der Waals surface area contributed by atoms with E-state index in [1.165, 1.54) is 0 Å². The fourth-order valence-electron chi connectivity index (χ4n) is 4.04. The van der Waals surface area contributed by atoms with Gasteiger partial charge >= 0.3 is 12.1 Å². The molecule has 0 fully saturated rings. The summed E-state index contributed by atoms with van der Waals surface area (Å²) in [5, 5.41) is 11.7. The van der Waals surface area contributed by atoms with Crippen LogP contribution in [-0.4, -0.2) is 79.3 Å². The van der Waals surface area contributed by atoms with Crippen LogP contribution in [0.1, 0.15) is 17.0 Å². The topological polar surface area (TPSA) is 99.2 Å². The van der Waals surface area contributed by atoms with Crippen LogP contribution in [0.25, 0.3) is 11.1 Å². The number of nitrogens with zero attached hydrogens (tertiary/aromatic N) is 2. The highest BCUT2D eigenvalue weighted by molar-refractivity contribution is 5.88. The Balaban J connectivity index is 1.70. The van der Waals surface area contributed by atoms with Gasteiger partial charge < -0.3 is 25.0 Å². The van der Waals surface area contributed by atoms with Gasteiger partial charge in [0.1, 0.15) is 19.2 Å². The zero-order chi connectivity index (χ0) is 24.0. The lowest BCUT2D eigenvalue weighted by atomic mass is 9.98. The fraction of sp³-hybridized carbons (Fsp3) is 0.320. The van der Waals surface area contributed by atoms with Gasteiger partial charge in [0.2, 0.25) is 5.91 Å². The number of benzene rings is 2. The maximum Gasteiger partial charge on any atom is 0.407 e. The number of hydrogen-bond donors (Lipinski definition) is 2. The molecule has 0 aromatic heterocycles. The normalized spacial score (nSPS) is 12.9. The van der Waals surface area contributed by atoms with Crippen LogP contribution in [0.4, 0.5) is 4.79 Å². The number of carbonyl (C=O) groups excluding carboxylic acids is 2. The standard InChI is InChI=1S/C25H27N3O5/c1-4-13-28(15-23(29)30)24(31)22(14-27(2)3)26-25(32)33-16-21-19-11-7-5-9-17(19)18-10-6-8-12-20(18)21/h1,5-12,21-22H,13-16H2,2-3H3,(H,26,32)(H,29,30). The second-order valence-electron chi connectivity index (χ2n) is 8.08. The van der Waals surface area contributed by atoms with Crippen LogP contribution in [0, 0.1) is 12.3 Å². The van der Waals surface area contributed by atoms with Crippen LogP contribution in [0.3, 0.4) is 0 Å². The van der Waals surface area contributed by atoms with Crippen molar-refractivity contribution in [1.29, 1.82) is 0 Å². The van der Waals surface area contributed by atoms with Gasteiger partial charge in [-0.3, -0.25) is 9.59 Å². The van der Waals surface area contributed by atoms with Gasteiger partial charge in [0.05, 0.1) is 6.54 Å². The molecule has 2 aromatic carbocycles. The van der Waals surface area contributed by atoms with Crippen LogP contribution in [0.15, 0.2) is 48.5 Å². The molecule has 1 atom stereocenters. The van der Waals surface area contributed by atoms with Crippen molar-refractivity contribution in [3.8, 4) is 23.5 Å². The molecule has 1 aliphatic carbocycles. The largest absolute Gasteiger partial charge is 0.480 e. The van der Waals surface area contributed by atoms with Crippen LogP contribution >= 0.6 is 0 Å². The van der Waals surface area contributed by atoms with Gasteiger partial charge in [-0.05, 0) is 36.3 Å². The van der Waals surface area contributed by atoms with E-state index < -0.39 is 30.6 Å². The van der Waals surface area contributed by atoms with E-state index in [4.69, 9.17) is 16.3 Å². The Bertz CT molecular complexity index is 1030. The molecular formula is C25H27N3O5. The van der Waals surface area contributed by atoms with Crippen LogP contribution in [-0.2, 0) is 14.3 Å². The summed E-state index contributed by atoms with van der Waals surface area (Å²) in [5.74, 6) is 0.389. The van der Waals surface area contributed by atoms with Gasteiger partial charge in [0.25, 0.3) is 0 Å². The van der Waals surface area contributed by atoms with Crippen molar-refractivity contribution in [2.75, 3.05) is 40.3 Å². The maximum absolute atomic E-state index is 12.9. The minimum atomic E-state index is -1.19. The van der Waals surface area contributed by atoms with Crippen molar-refractivity contribution in [3.63, 3.8) is 0 Å². The predicted molar refractivity (Wildman–Crippen MR) is 124 cm³/mol. The Morgan fingerprint density at radius 1 is 1.09 bits per heavy atom. The van der Waals surface area contributed by atoms with E-state index in [1.54, 1.807) is 19.0 Å². The first-order chi connectivity index (χ1) is 15.8. The molecule has 1 aliphatic rings. The molecule has 33 heavy (non-hydrogen) atoms. The Labute approximate surface area is 193 Å². The number of terminal acetylenes is 1. The lowest BCUT2D eigenvalue weighted by Gasteiger charge is -2.27. The lowest BCUT2D eigenvalue weighted by molar-refractivity contribution is -0.144.